The Morgan fingerprint density at radius 2 is 2.25 bits per heavy atom. The largest absolute Gasteiger partial charge is 1.00 e. The van der Waals surface area contributed by atoms with Gasteiger partial charge in [-0.05, 0) is 12.0 Å². The predicted octanol–water partition coefficient (Wildman–Crippen LogP) is -1.63. The van der Waals surface area contributed by atoms with E-state index < -0.39 is 0 Å². The first-order valence-electron chi connectivity index (χ1n) is 3.83. The lowest BCUT2D eigenvalue weighted by molar-refractivity contribution is -0.699. The molecular weight excluding hydrogens is 214 g/mol. The van der Waals surface area contributed by atoms with Crippen molar-refractivity contribution in [2.75, 3.05) is 0 Å². The number of halogens is 1. The Bertz CT molecular complexity index is 275. The molecule has 0 saturated carbocycles. The lowest BCUT2D eigenvalue weighted by Gasteiger charge is -1.94. The molecule has 0 bridgehead atoms. The fourth-order valence-electron chi connectivity index (χ4n) is 1.04. The molecule has 1 aromatic heterocycles. The molecular formula is C10H12BrN. The lowest BCUT2D eigenvalue weighted by atomic mass is 10.3. The van der Waals surface area contributed by atoms with Gasteiger partial charge in [0.2, 0.25) is 0 Å². The second-order valence-electron chi connectivity index (χ2n) is 2.42. The second-order valence-corrected chi connectivity index (χ2v) is 2.42. The fourth-order valence-corrected chi connectivity index (χ4v) is 1.04. The van der Waals surface area contributed by atoms with Gasteiger partial charge in [0.25, 0.3) is 5.69 Å². The third-order valence-corrected chi connectivity index (χ3v) is 1.55. The molecule has 0 radical (unpaired) electrons. The highest BCUT2D eigenvalue weighted by Gasteiger charge is 2.02. The molecule has 0 atom stereocenters. The van der Waals surface area contributed by atoms with Crippen LogP contribution in [0.3, 0.4) is 0 Å². The third kappa shape index (κ3) is 2.67. The number of hydrogen-bond donors (Lipinski definition) is 0. The molecule has 1 aromatic rings. The summed E-state index contributed by atoms with van der Waals surface area (Å²) in [6.45, 7) is 3.14. The summed E-state index contributed by atoms with van der Waals surface area (Å²) in [7, 11) is 0. The van der Waals surface area contributed by atoms with E-state index in [1.54, 1.807) is 0 Å². The Kier molecular flexibility index (Phi) is 5.40. The minimum Gasteiger partial charge on any atom is -1.00 e. The maximum atomic E-state index is 5.31. The second kappa shape index (κ2) is 5.79. The monoisotopic (exact) mass is 225 g/mol. The van der Waals surface area contributed by atoms with Crippen molar-refractivity contribution in [3.05, 3.63) is 30.1 Å². The third-order valence-electron chi connectivity index (χ3n) is 1.55. The van der Waals surface area contributed by atoms with Crippen molar-refractivity contribution < 1.29 is 21.5 Å². The Morgan fingerprint density at radius 1 is 1.50 bits per heavy atom. The summed E-state index contributed by atoms with van der Waals surface area (Å²) in [5, 5.41) is 0. The van der Waals surface area contributed by atoms with E-state index in [2.05, 4.69) is 17.4 Å². The number of aryl methyl sites for hydroxylation is 1. The van der Waals surface area contributed by atoms with Crippen molar-refractivity contribution in [1.29, 1.82) is 0 Å². The van der Waals surface area contributed by atoms with Crippen LogP contribution in [0.15, 0.2) is 24.4 Å². The van der Waals surface area contributed by atoms with Crippen LogP contribution in [0.25, 0.3) is 0 Å². The maximum Gasteiger partial charge on any atom is 0.256 e. The first kappa shape index (κ1) is 11.2. The molecule has 0 saturated heterocycles. The van der Waals surface area contributed by atoms with Gasteiger partial charge in [0.15, 0.2) is 6.20 Å². The van der Waals surface area contributed by atoms with Gasteiger partial charge in [-0.15, -0.1) is 6.42 Å². The molecule has 0 fully saturated rings. The molecule has 0 spiro atoms. The van der Waals surface area contributed by atoms with Crippen LogP contribution in [0.5, 0.6) is 0 Å². The van der Waals surface area contributed by atoms with Crippen LogP contribution < -0.4 is 21.5 Å². The van der Waals surface area contributed by atoms with Gasteiger partial charge in [0.05, 0.1) is 0 Å². The summed E-state index contributed by atoms with van der Waals surface area (Å²) in [5.74, 6) is 2.64. The molecule has 0 aliphatic carbocycles. The van der Waals surface area contributed by atoms with Gasteiger partial charge in [-0.1, -0.05) is 6.92 Å². The van der Waals surface area contributed by atoms with Crippen LogP contribution in [0.1, 0.15) is 19.0 Å². The molecule has 64 valence electrons. The first-order chi connectivity index (χ1) is 5.38. The van der Waals surface area contributed by atoms with Crippen molar-refractivity contribution in [3.63, 3.8) is 0 Å². The molecule has 2 heteroatoms. The zero-order valence-corrected chi connectivity index (χ0v) is 8.71. The number of hydrogen-bond acceptors (Lipinski definition) is 0. The summed E-state index contributed by atoms with van der Waals surface area (Å²) < 4.78 is 2.08. The summed E-state index contributed by atoms with van der Waals surface area (Å²) in [6.07, 6.45) is 8.44. The smallest absolute Gasteiger partial charge is 0.256 e. The molecule has 1 heterocycles. The number of rotatable bonds is 2. The van der Waals surface area contributed by atoms with Gasteiger partial charge < -0.3 is 17.0 Å². The van der Waals surface area contributed by atoms with Gasteiger partial charge in [-0.3, -0.25) is 0 Å². The van der Waals surface area contributed by atoms with Gasteiger partial charge in [0, 0.05) is 18.6 Å². The molecule has 1 rings (SSSR count). The van der Waals surface area contributed by atoms with Crippen LogP contribution in [-0.4, -0.2) is 0 Å². The topological polar surface area (TPSA) is 3.88 Å². The first-order valence-corrected chi connectivity index (χ1v) is 3.83. The van der Waals surface area contributed by atoms with E-state index in [1.807, 2.05) is 24.4 Å². The highest BCUT2D eigenvalue weighted by atomic mass is 79.9. The van der Waals surface area contributed by atoms with Crippen molar-refractivity contribution in [1.82, 2.24) is 0 Å². The Balaban J connectivity index is 0.00000121. The molecule has 0 aliphatic rings. The molecule has 1 nitrogen and oxygen atoms in total. The lowest BCUT2D eigenvalue weighted by Crippen LogP contribution is -3.00. The average molecular weight is 226 g/mol. The standard InChI is InChI=1S/C10H12N.BrH/c1-3-8-11-9-6-5-7-10(11)4-2;/h2,5-7,9H,3,8H2,1H3;1H/q+1;/p-1. The molecule has 0 N–H and O–H groups in total. The van der Waals surface area contributed by atoms with Crippen molar-refractivity contribution in [3.8, 4) is 12.3 Å². The zero-order chi connectivity index (χ0) is 8.10. The number of nitrogens with zero attached hydrogens (tertiary/aromatic N) is 1. The zero-order valence-electron chi connectivity index (χ0n) is 7.13. The SMILES string of the molecule is C#Cc1cccc[n+]1CCC.[Br-]. The molecule has 0 aromatic carbocycles. The Hall–Kier alpha value is -0.810. The summed E-state index contributed by atoms with van der Waals surface area (Å²) in [6, 6.07) is 5.91. The van der Waals surface area contributed by atoms with E-state index in [0.717, 1.165) is 18.7 Å². The molecule has 0 unspecified atom stereocenters. The van der Waals surface area contributed by atoms with E-state index in [-0.39, 0.29) is 17.0 Å². The Morgan fingerprint density at radius 3 is 2.83 bits per heavy atom. The van der Waals surface area contributed by atoms with Gasteiger partial charge >= 0.3 is 0 Å². The van der Waals surface area contributed by atoms with Crippen molar-refractivity contribution >= 4 is 0 Å². The van der Waals surface area contributed by atoms with Crippen LogP contribution in [-0.2, 0) is 6.54 Å². The van der Waals surface area contributed by atoms with E-state index in [1.165, 1.54) is 0 Å². The highest BCUT2D eigenvalue weighted by Crippen LogP contribution is 1.88. The normalized spacial score (nSPS) is 8.33. The summed E-state index contributed by atoms with van der Waals surface area (Å²) in [5.41, 5.74) is 0.953. The van der Waals surface area contributed by atoms with Crippen LogP contribution in [0.2, 0.25) is 0 Å². The summed E-state index contributed by atoms with van der Waals surface area (Å²) in [4.78, 5) is 0. The minimum atomic E-state index is 0. The van der Waals surface area contributed by atoms with Crippen LogP contribution in [0, 0.1) is 12.3 Å². The molecule has 12 heavy (non-hydrogen) atoms. The van der Waals surface area contributed by atoms with E-state index in [0.29, 0.717) is 0 Å². The van der Waals surface area contributed by atoms with Crippen LogP contribution in [0.4, 0.5) is 0 Å². The molecule has 0 amide bonds. The van der Waals surface area contributed by atoms with Crippen LogP contribution >= 0.6 is 0 Å². The number of terminal acetylenes is 1. The average Bonchev–Trinajstić information content (AvgIpc) is 2.06. The maximum absolute atomic E-state index is 5.31. The Labute approximate surface area is 84.2 Å². The van der Waals surface area contributed by atoms with Gasteiger partial charge in [0.1, 0.15) is 6.54 Å². The quantitative estimate of drug-likeness (QED) is 0.421. The van der Waals surface area contributed by atoms with Gasteiger partial charge in [-0.2, -0.15) is 4.57 Å². The van der Waals surface area contributed by atoms with E-state index in [9.17, 15) is 0 Å². The van der Waals surface area contributed by atoms with Gasteiger partial charge in [-0.25, -0.2) is 0 Å². The highest BCUT2D eigenvalue weighted by molar-refractivity contribution is 5.18. The number of aromatic nitrogens is 1. The predicted molar refractivity (Wildman–Crippen MR) is 44.9 cm³/mol. The van der Waals surface area contributed by atoms with Crippen molar-refractivity contribution in [2.24, 2.45) is 0 Å². The van der Waals surface area contributed by atoms with Crippen molar-refractivity contribution in [2.45, 2.75) is 19.9 Å². The number of pyridine rings is 1. The summed E-state index contributed by atoms with van der Waals surface area (Å²) >= 11 is 0. The molecule has 0 aliphatic heterocycles. The minimum absolute atomic E-state index is 0. The fraction of sp³-hybridized carbons (Fsp3) is 0.300. The van der Waals surface area contributed by atoms with E-state index >= 15 is 0 Å². The van der Waals surface area contributed by atoms with E-state index in [4.69, 9.17) is 6.42 Å².